The molecule has 2 aromatic rings. The van der Waals surface area contributed by atoms with E-state index in [0.29, 0.717) is 28.8 Å². The van der Waals surface area contributed by atoms with Gasteiger partial charge >= 0.3 is 0 Å². The van der Waals surface area contributed by atoms with Gasteiger partial charge in [-0.25, -0.2) is 0 Å². The summed E-state index contributed by atoms with van der Waals surface area (Å²) in [5, 5.41) is 4.18. The molecule has 1 saturated heterocycles. The molecule has 1 heterocycles. The number of carbonyl (C=O) groups is 2. The maximum absolute atomic E-state index is 12.6. The van der Waals surface area contributed by atoms with Crippen LogP contribution in [0.3, 0.4) is 0 Å². The van der Waals surface area contributed by atoms with E-state index in [2.05, 4.69) is 10.2 Å². The maximum atomic E-state index is 12.6. The van der Waals surface area contributed by atoms with Gasteiger partial charge < -0.3 is 10.2 Å². The molecule has 0 spiro atoms. The molecule has 1 aliphatic rings. The van der Waals surface area contributed by atoms with E-state index in [1.165, 1.54) is 5.56 Å². The van der Waals surface area contributed by atoms with Crippen molar-refractivity contribution in [3.8, 4) is 0 Å². The van der Waals surface area contributed by atoms with Crippen molar-refractivity contribution in [1.82, 2.24) is 14.7 Å². The second-order valence-corrected chi connectivity index (χ2v) is 8.85. The lowest BCUT2D eigenvalue weighted by atomic mass is 10.2. The van der Waals surface area contributed by atoms with Gasteiger partial charge in [-0.15, -0.1) is 0 Å². The zero-order chi connectivity index (χ0) is 22.4. The molecule has 1 N–H and O–H groups in total. The second-order valence-electron chi connectivity index (χ2n) is 7.60. The van der Waals surface area contributed by atoms with Crippen molar-refractivity contribution in [2.75, 3.05) is 51.6 Å². The Morgan fingerprint density at radius 1 is 0.935 bits per heavy atom. The summed E-state index contributed by atoms with van der Waals surface area (Å²) in [6.07, 6.45) is 0. The average Bonchev–Trinajstić information content (AvgIpc) is 2.73. The molecule has 31 heavy (non-hydrogen) atoms. The van der Waals surface area contributed by atoms with Gasteiger partial charge in [-0.05, 0) is 36.9 Å². The number of amides is 2. The maximum Gasteiger partial charge on any atom is 0.238 e. The van der Waals surface area contributed by atoms with E-state index in [4.69, 9.17) is 34.8 Å². The van der Waals surface area contributed by atoms with E-state index in [1.54, 1.807) is 30.1 Å². The summed E-state index contributed by atoms with van der Waals surface area (Å²) in [6, 6.07) is 12.8. The summed E-state index contributed by atoms with van der Waals surface area (Å²) < 4.78 is 0. The van der Waals surface area contributed by atoms with Crippen LogP contribution in [0, 0.1) is 0 Å². The summed E-state index contributed by atoms with van der Waals surface area (Å²) in [7, 11) is 1.74. The minimum absolute atomic E-state index is 0.0113. The molecule has 6 nitrogen and oxygen atoms in total. The Kier molecular flexibility index (Phi) is 8.58. The number of carbonyl (C=O) groups excluding carboxylic acids is 2. The first kappa shape index (κ1) is 23.8. The number of halogens is 3. The number of likely N-dealkylation sites (N-methyl/N-ethyl adjacent to an activating group) is 1. The SMILES string of the molecule is CN(CC(=O)Nc1c(Cl)cccc1Cl)CC(=O)N1CCN(Cc2ccc(Cl)cc2)CC1. The van der Waals surface area contributed by atoms with Crippen molar-refractivity contribution in [3.63, 3.8) is 0 Å². The highest BCUT2D eigenvalue weighted by Crippen LogP contribution is 2.29. The molecule has 0 aromatic heterocycles. The van der Waals surface area contributed by atoms with Crippen molar-refractivity contribution in [2.24, 2.45) is 0 Å². The molecule has 3 rings (SSSR count). The molecule has 166 valence electrons. The molecule has 0 radical (unpaired) electrons. The molecule has 0 unspecified atom stereocenters. The van der Waals surface area contributed by atoms with E-state index >= 15 is 0 Å². The zero-order valence-electron chi connectivity index (χ0n) is 17.3. The van der Waals surface area contributed by atoms with Gasteiger partial charge in [-0.3, -0.25) is 19.4 Å². The molecule has 2 aromatic carbocycles. The Morgan fingerprint density at radius 2 is 1.55 bits per heavy atom. The Bertz CT molecular complexity index is 895. The van der Waals surface area contributed by atoms with Crippen LogP contribution < -0.4 is 5.32 Å². The number of hydrogen-bond acceptors (Lipinski definition) is 4. The zero-order valence-corrected chi connectivity index (χ0v) is 19.6. The molecule has 0 saturated carbocycles. The van der Waals surface area contributed by atoms with Crippen LogP contribution in [-0.4, -0.2) is 72.8 Å². The molecular formula is C22H25Cl3N4O2. The summed E-state index contributed by atoms with van der Waals surface area (Å²) in [4.78, 5) is 30.8. The van der Waals surface area contributed by atoms with Crippen LogP contribution in [-0.2, 0) is 16.1 Å². The van der Waals surface area contributed by atoms with E-state index in [-0.39, 0.29) is 24.9 Å². The predicted molar refractivity (Wildman–Crippen MR) is 126 cm³/mol. The van der Waals surface area contributed by atoms with E-state index in [0.717, 1.165) is 24.7 Å². The summed E-state index contributed by atoms with van der Waals surface area (Å²) >= 11 is 18.1. The fraction of sp³-hybridized carbons (Fsp3) is 0.364. The third kappa shape index (κ3) is 7.09. The van der Waals surface area contributed by atoms with E-state index in [9.17, 15) is 9.59 Å². The van der Waals surface area contributed by atoms with Gasteiger partial charge in [0.25, 0.3) is 0 Å². The van der Waals surface area contributed by atoms with Gasteiger partial charge in [0.1, 0.15) is 0 Å². The van der Waals surface area contributed by atoms with Crippen LogP contribution in [0.2, 0.25) is 15.1 Å². The summed E-state index contributed by atoms with van der Waals surface area (Å²) in [5.41, 5.74) is 1.58. The van der Waals surface area contributed by atoms with Gasteiger partial charge in [0, 0.05) is 37.7 Å². The first-order chi connectivity index (χ1) is 14.8. The van der Waals surface area contributed by atoms with Crippen molar-refractivity contribution >= 4 is 52.3 Å². The first-order valence-corrected chi connectivity index (χ1v) is 11.1. The van der Waals surface area contributed by atoms with Gasteiger partial charge in [-0.1, -0.05) is 53.0 Å². The van der Waals surface area contributed by atoms with Crippen molar-refractivity contribution in [1.29, 1.82) is 0 Å². The number of nitrogens with one attached hydrogen (secondary N) is 1. The number of benzene rings is 2. The average molecular weight is 484 g/mol. The third-order valence-corrected chi connectivity index (χ3v) is 5.97. The Morgan fingerprint density at radius 3 is 2.16 bits per heavy atom. The van der Waals surface area contributed by atoms with E-state index in [1.807, 2.05) is 29.2 Å². The fourth-order valence-electron chi connectivity index (χ4n) is 3.43. The van der Waals surface area contributed by atoms with Crippen molar-refractivity contribution in [3.05, 3.63) is 63.1 Å². The Balaban J connectivity index is 1.41. The lowest BCUT2D eigenvalue weighted by Gasteiger charge is -2.35. The fourth-order valence-corrected chi connectivity index (χ4v) is 4.05. The molecule has 1 fully saturated rings. The highest BCUT2D eigenvalue weighted by atomic mass is 35.5. The minimum Gasteiger partial charge on any atom is -0.339 e. The minimum atomic E-state index is -0.280. The van der Waals surface area contributed by atoms with Crippen LogP contribution in [0.4, 0.5) is 5.69 Å². The second kappa shape index (κ2) is 11.2. The number of rotatable bonds is 7. The molecular weight excluding hydrogens is 459 g/mol. The molecule has 1 aliphatic heterocycles. The van der Waals surface area contributed by atoms with Gasteiger partial charge in [0.2, 0.25) is 11.8 Å². The lowest BCUT2D eigenvalue weighted by molar-refractivity contribution is -0.134. The first-order valence-electron chi connectivity index (χ1n) is 9.99. The van der Waals surface area contributed by atoms with Crippen LogP contribution in [0.25, 0.3) is 0 Å². The number of piperazine rings is 1. The quantitative estimate of drug-likeness (QED) is 0.650. The Hall–Kier alpha value is -1.83. The van der Waals surface area contributed by atoms with Gasteiger partial charge in [0.05, 0.1) is 28.8 Å². The van der Waals surface area contributed by atoms with Crippen LogP contribution in [0.5, 0.6) is 0 Å². The smallest absolute Gasteiger partial charge is 0.238 e. The standard InChI is InChI=1S/C22H25Cl3N4O2/c1-27(14-20(30)26-22-18(24)3-2-4-19(22)25)15-21(31)29-11-9-28(10-12-29)13-16-5-7-17(23)8-6-16/h2-8H,9-15H2,1H3,(H,26,30). The molecule has 0 atom stereocenters. The van der Waals surface area contributed by atoms with Crippen molar-refractivity contribution in [2.45, 2.75) is 6.54 Å². The summed E-state index contributed by atoms with van der Waals surface area (Å²) in [6.45, 7) is 4.02. The highest BCUT2D eigenvalue weighted by molar-refractivity contribution is 6.39. The normalized spacial score (nSPS) is 14.7. The third-order valence-electron chi connectivity index (χ3n) is 5.09. The van der Waals surface area contributed by atoms with E-state index < -0.39 is 0 Å². The largest absolute Gasteiger partial charge is 0.339 e. The topological polar surface area (TPSA) is 55.9 Å². The van der Waals surface area contributed by atoms with Gasteiger partial charge in [0.15, 0.2) is 0 Å². The Labute approximate surface area is 197 Å². The number of nitrogens with zero attached hydrogens (tertiary/aromatic N) is 3. The van der Waals surface area contributed by atoms with Crippen molar-refractivity contribution < 1.29 is 9.59 Å². The molecule has 0 bridgehead atoms. The molecule has 2 amide bonds. The number of para-hydroxylation sites is 1. The highest BCUT2D eigenvalue weighted by Gasteiger charge is 2.22. The molecule has 0 aliphatic carbocycles. The monoisotopic (exact) mass is 482 g/mol. The molecule has 9 heteroatoms. The van der Waals surface area contributed by atoms with Gasteiger partial charge in [-0.2, -0.15) is 0 Å². The number of anilines is 1. The van der Waals surface area contributed by atoms with Crippen LogP contribution in [0.15, 0.2) is 42.5 Å². The van der Waals surface area contributed by atoms with Crippen LogP contribution in [0.1, 0.15) is 5.56 Å². The summed E-state index contributed by atoms with van der Waals surface area (Å²) in [5.74, 6) is -0.268. The van der Waals surface area contributed by atoms with Crippen LogP contribution >= 0.6 is 34.8 Å². The lowest BCUT2D eigenvalue weighted by Crippen LogP contribution is -2.51. The predicted octanol–water partition coefficient (Wildman–Crippen LogP) is 3.86. The number of hydrogen-bond donors (Lipinski definition) is 1.